The predicted molar refractivity (Wildman–Crippen MR) is 116 cm³/mol. The van der Waals surface area contributed by atoms with Gasteiger partial charge in [0.25, 0.3) is 0 Å². The van der Waals surface area contributed by atoms with E-state index in [0.717, 1.165) is 11.0 Å². The van der Waals surface area contributed by atoms with Gasteiger partial charge < -0.3 is 0 Å². The first-order chi connectivity index (χ1) is 15.1. The Kier molecular flexibility index (Phi) is 5.42. The number of alkyl halides is 3. The Morgan fingerprint density at radius 3 is 2.16 bits per heavy atom. The van der Waals surface area contributed by atoms with E-state index in [0.29, 0.717) is 16.0 Å². The van der Waals surface area contributed by atoms with Crippen LogP contribution >= 0.6 is 0 Å². The van der Waals surface area contributed by atoms with Gasteiger partial charge in [0.1, 0.15) is 0 Å². The molecule has 1 amide bonds. The molecular formula is C24H18F3NO3S. The molecule has 0 fully saturated rings. The van der Waals surface area contributed by atoms with Crippen LogP contribution in [0.1, 0.15) is 22.3 Å². The van der Waals surface area contributed by atoms with Gasteiger partial charge in [-0.25, -0.2) is 8.42 Å². The van der Waals surface area contributed by atoms with Gasteiger partial charge in [-0.15, -0.1) is 0 Å². The average Bonchev–Trinajstić information content (AvgIpc) is 2.88. The number of nitrogens with zero attached hydrogens (tertiary/aromatic N) is 1. The molecule has 0 saturated carbocycles. The second kappa shape index (κ2) is 7.94. The van der Waals surface area contributed by atoms with Crippen molar-refractivity contribution in [2.45, 2.75) is 24.5 Å². The van der Waals surface area contributed by atoms with Gasteiger partial charge in [-0.3, -0.25) is 9.69 Å². The molecule has 0 N–H and O–H groups in total. The summed E-state index contributed by atoms with van der Waals surface area (Å²) in [6.45, 7) is 1.49. The van der Waals surface area contributed by atoms with E-state index < -0.39 is 21.9 Å². The Hall–Kier alpha value is -3.39. The SMILES string of the molecule is Cc1ccc(S(=O)(=O)/C=C2/c3ccccc3CN(C(=O)C(F)(F)F)c3ccccc32)cc1. The molecule has 0 aliphatic carbocycles. The van der Waals surface area contributed by atoms with Gasteiger partial charge in [-0.1, -0.05) is 60.2 Å². The number of carbonyl (C=O) groups is 1. The van der Waals surface area contributed by atoms with E-state index in [4.69, 9.17) is 0 Å². The summed E-state index contributed by atoms with van der Waals surface area (Å²) in [6.07, 6.45) is -5.08. The number of sulfone groups is 1. The molecule has 164 valence electrons. The van der Waals surface area contributed by atoms with Crippen molar-refractivity contribution in [1.82, 2.24) is 0 Å². The molecule has 1 aliphatic rings. The van der Waals surface area contributed by atoms with Crippen LogP contribution in [0.5, 0.6) is 0 Å². The van der Waals surface area contributed by atoms with Crippen LogP contribution in [-0.4, -0.2) is 20.5 Å². The van der Waals surface area contributed by atoms with Gasteiger partial charge in [-0.05, 0) is 36.2 Å². The summed E-state index contributed by atoms with van der Waals surface area (Å²) < 4.78 is 66.4. The van der Waals surface area contributed by atoms with Crippen LogP contribution in [0.2, 0.25) is 0 Å². The van der Waals surface area contributed by atoms with E-state index in [2.05, 4.69) is 0 Å². The van der Waals surface area contributed by atoms with E-state index in [1.165, 1.54) is 30.3 Å². The number of benzene rings is 3. The molecule has 0 saturated heterocycles. The second-order valence-electron chi connectivity index (χ2n) is 7.45. The number of amides is 1. The minimum atomic E-state index is -5.08. The summed E-state index contributed by atoms with van der Waals surface area (Å²) in [7, 11) is -3.93. The maximum atomic E-state index is 13.4. The molecule has 0 spiro atoms. The molecule has 1 aliphatic heterocycles. The number of fused-ring (bicyclic) bond motifs is 2. The third-order valence-electron chi connectivity index (χ3n) is 5.23. The van der Waals surface area contributed by atoms with Crippen molar-refractivity contribution >= 4 is 27.0 Å². The number of halogens is 3. The van der Waals surface area contributed by atoms with Gasteiger partial charge in [0, 0.05) is 16.5 Å². The average molecular weight is 457 g/mol. The number of para-hydroxylation sites is 1. The Morgan fingerprint density at radius 1 is 0.906 bits per heavy atom. The fraction of sp³-hybridized carbons (Fsp3) is 0.125. The lowest BCUT2D eigenvalue weighted by atomic mass is 9.96. The molecule has 32 heavy (non-hydrogen) atoms. The van der Waals surface area contributed by atoms with Crippen molar-refractivity contribution in [3.8, 4) is 0 Å². The van der Waals surface area contributed by atoms with Crippen molar-refractivity contribution in [3.05, 3.63) is 100 Å². The van der Waals surface area contributed by atoms with Crippen LogP contribution in [-0.2, 0) is 21.2 Å². The fourth-order valence-electron chi connectivity index (χ4n) is 3.67. The molecule has 4 rings (SSSR count). The van der Waals surface area contributed by atoms with Crippen molar-refractivity contribution in [2.24, 2.45) is 0 Å². The third kappa shape index (κ3) is 4.05. The lowest BCUT2D eigenvalue weighted by molar-refractivity contribution is -0.170. The summed E-state index contributed by atoms with van der Waals surface area (Å²) in [6, 6.07) is 18.9. The van der Waals surface area contributed by atoms with E-state index >= 15 is 0 Å². The lowest BCUT2D eigenvalue weighted by Gasteiger charge is -2.24. The van der Waals surface area contributed by atoms with Gasteiger partial charge in [-0.2, -0.15) is 13.2 Å². The molecular weight excluding hydrogens is 439 g/mol. The highest BCUT2D eigenvalue weighted by Gasteiger charge is 2.44. The molecule has 4 nitrogen and oxygen atoms in total. The summed E-state index contributed by atoms with van der Waals surface area (Å²) in [5.41, 5.74) is 2.21. The zero-order valence-electron chi connectivity index (χ0n) is 16.9. The molecule has 3 aromatic rings. The topological polar surface area (TPSA) is 54.5 Å². The fourth-order valence-corrected chi connectivity index (χ4v) is 4.89. The summed E-state index contributed by atoms with van der Waals surface area (Å²) in [5, 5.41) is 1.07. The smallest absolute Gasteiger partial charge is 0.300 e. The number of rotatable bonds is 2. The first kappa shape index (κ1) is 21.8. The highest BCUT2D eigenvalue weighted by atomic mass is 32.2. The summed E-state index contributed by atoms with van der Waals surface area (Å²) in [5.74, 6) is -2.01. The van der Waals surface area contributed by atoms with E-state index in [1.807, 2.05) is 6.92 Å². The third-order valence-corrected chi connectivity index (χ3v) is 6.71. The van der Waals surface area contributed by atoms with E-state index in [9.17, 15) is 26.4 Å². The minimum absolute atomic E-state index is 0.00335. The standard InChI is InChI=1S/C24H18F3NO3S/c1-16-10-12-18(13-11-16)32(30,31)15-21-19-7-3-2-6-17(19)14-28(23(29)24(25,26)27)22-9-5-4-8-20(21)22/h2-13,15H,14H2,1H3/b21-15-. The molecule has 0 unspecified atom stereocenters. The molecule has 0 aromatic heterocycles. The monoisotopic (exact) mass is 457 g/mol. The first-order valence-corrected chi connectivity index (χ1v) is 11.2. The van der Waals surface area contributed by atoms with Crippen LogP contribution in [0, 0.1) is 6.92 Å². The van der Waals surface area contributed by atoms with Gasteiger partial charge in [0.15, 0.2) is 9.84 Å². The maximum Gasteiger partial charge on any atom is 0.471 e. The zero-order chi connectivity index (χ0) is 23.1. The first-order valence-electron chi connectivity index (χ1n) is 9.68. The lowest BCUT2D eigenvalue weighted by Crippen LogP contribution is -2.40. The number of carbonyl (C=O) groups excluding carboxylic acids is 1. The number of hydrogen-bond donors (Lipinski definition) is 0. The molecule has 0 radical (unpaired) electrons. The van der Waals surface area contributed by atoms with E-state index in [-0.39, 0.29) is 28.3 Å². The molecule has 0 bridgehead atoms. The number of anilines is 1. The minimum Gasteiger partial charge on any atom is -0.300 e. The second-order valence-corrected chi connectivity index (χ2v) is 9.25. The van der Waals surface area contributed by atoms with Gasteiger partial charge in [0.2, 0.25) is 0 Å². The van der Waals surface area contributed by atoms with Crippen LogP contribution in [0.3, 0.4) is 0 Å². The van der Waals surface area contributed by atoms with E-state index in [1.54, 1.807) is 42.5 Å². The highest BCUT2D eigenvalue weighted by molar-refractivity contribution is 7.94. The maximum absolute atomic E-state index is 13.4. The summed E-state index contributed by atoms with van der Waals surface area (Å²) >= 11 is 0. The zero-order valence-corrected chi connectivity index (χ0v) is 17.7. The van der Waals surface area contributed by atoms with Crippen LogP contribution in [0.25, 0.3) is 5.57 Å². The number of aryl methyl sites for hydroxylation is 1. The normalized spacial score (nSPS) is 15.1. The van der Waals surface area contributed by atoms with Crippen molar-refractivity contribution in [1.29, 1.82) is 0 Å². The largest absolute Gasteiger partial charge is 0.471 e. The summed E-state index contributed by atoms with van der Waals surface area (Å²) in [4.78, 5) is 13.0. The molecule has 0 atom stereocenters. The van der Waals surface area contributed by atoms with Crippen LogP contribution in [0.4, 0.5) is 18.9 Å². The molecule has 3 aromatic carbocycles. The molecule has 1 heterocycles. The quantitative estimate of drug-likeness (QED) is 0.527. The Labute approximate surface area is 183 Å². The van der Waals surface area contributed by atoms with Crippen LogP contribution < -0.4 is 4.90 Å². The number of hydrogen-bond acceptors (Lipinski definition) is 3. The highest BCUT2D eigenvalue weighted by Crippen LogP contribution is 2.40. The van der Waals surface area contributed by atoms with Gasteiger partial charge in [0.05, 0.1) is 17.1 Å². The van der Waals surface area contributed by atoms with Crippen molar-refractivity contribution < 1.29 is 26.4 Å². The Morgan fingerprint density at radius 2 is 1.50 bits per heavy atom. The predicted octanol–water partition coefficient (Wildman–Crippen LogP) is 5.27. The van der Waals surface area contributed by atoms with Gasteiger partial charge >= 0.3 is 12.1 Å². The molecule has 8 heteroatoms. The van der Waals surface area contributed by atoms with Crippen LogP contribution in [0.15, 0.2) is 83.1 Å². The van der Waals surface area contributed by atoms with Crippen molar-refractivity contribution in [3.63, 3.8) is 0 Å². The van der Waals surface area contributed by atoms with Crippen molar-refractivity contribution in [2.75, 3.05) is 4.90 Å². The Balaban J connectivity index is 1.98. The Bertz CT molecular complexity index is 1330.